The summed E-state index contributed by atoms with van der Waals surface area (Å²) >= 11 is 3.35. The second kappa shape index (κ2) is 8.35. The number of nitrogens with one attached hydrogen (secondary N) is 2. The van der Waals surface area contributed by atoms with Crippen molar-refractivity contribution < 1.29 is 4.79 Å². The lowest BCUT2D eigenvalue weighted by molar-refractivity contribution is -0.121. The Morgan fingerprint density at radius 3 is 2.77 bits per heavy atom. The van der Waals surface area contributed by atoms with Gasteiger partial charge in [0.2, 0.25) is 5.91 Å². The fourth-order valence-electron chi connectivity index (χ4n) is 2.94. The second-order valence-electron chi connectivity index (χ2n) is 6.55. The molecular formula is C20H21N3OS2. The van der Waals surface area contributed by atoms with Crippen LogP contribution < -0.4 is 10.6 Å². The summed E-state index contributed by atoms with van der Waals surface area (Å²) in [4.78, 5) is 12.5. The van der Waals surface area contributed by atoms with Gasteiger partial charge in [-0.05, 0) is 23.8 Å². The monoisotopic (exact) mass is 383 g/mol. The second-order valence-corrected chi connectivity index (χ2v) is 8.20. The van der Waals surface area contributed by atoms with E-state index < -0.39 is 0 Å². The lowest BCUT2D eigenvalue weighted by Crippen LogP contribution is -2.40. The summed E-state index contributed by atoms with van der Waals surface area (Å²) in [5.74, 6) is 0.233. The summed E-state index contributed by atoms with van der Waals surface area (Å²) in [6.45, 7) is 4.21. The first-order valence-electron chi connectivity index (χ1n) is 8.54. The van der Waals surface area contributed by atoms with Crippen LogP contribution in [-0.4, -0.2) is 18.5 Å². The third kappa shape index (κ3) is 4.06. The molecular weight excluding hydrogens is 362 g/mol. The molecule has 3 aromatic rings. The predicted octanol–water partition coefficient (Wildman–Crippen LogP) is 5.10. The minimum Gasteiger partial charge on any atom is -0.372 e. The van der Waals surface area contributed by atoms with E-state index in [1.54, 1.807) is 22.7 Å². The van der Waals surface area contributed by atoms with Crippen LogP contribution in [0.2, 0.25) is 0 Å². The van der Waals surface area contributed by atoms with E-state index in [2.05, 4.69) is 53.4 Å². The number of nitrogens with zero attached hydrogens (tertiary/aromatic N) is 1. The first-order chi connectivity index (χ1) is 12.6. The van der Waals surface area contributed by atoms with Crippen LogP contribution >= 0.6 is 22.7 Å². The molecule has 0 fully saturated rings. The number of hydrogen-bond donors (Lipinski definition) is 2. The summed E-state index contributed by atoms with van der Waals surface area (Å²) in [6, 6.07) is 9.96. The Balaban J connectivity index is 1.89. The Kier molecular flexibility index (Phi) is 5.92. The van der Waals surface area contributed by atoms with Crippen LogP contribution in [0.15, 0.2) is 40.4 Å². The molecule has 0 spiro atoms. The molecule has 0 aliphatic carbocycles. The Labute approximate surface area is 161 Å². The summed E-state index contributed by atoms with van der Waals surface area (Å²) in [5, 5.41) is 22.4. The van der Waals surface area contributed by atoms with Crippen molar-refractivity contribution in [1.29, 1.82) is 5.26 Å². The van der Waals surface area contributed by atoms with Crippen LogP contribution in [0.4, 0.5) is 5.69 Å². The summed E-state index contributed by atoms with van der Waals surface area (Å²) in [5.41, 5.74) is 3.28. The van der Waals surface area contributed by atoms with Crippen molar-refractivity contribution in [3.05, 3.63) is 40.4 Å². The van der Waals surface area contributed by atoms with Gasteiger partial charge in [0, 0.05) is 32.0 Å². The molecule has 2 N–H and O–H groups in total. The molecule has 0 saturated heterocycles. The van der Waals surface area contributed by atoms with Crippen LogP contribution in [0.3, 0.4) is 0 Å². The molecule has 2 aromatic heterocycles. The number of thiophene rings is 2. The molecule has 0 saturated carbocycles. The van der Waals surface area contributed by atoms with Gasteiger partial charge < -0.3 is 10.6 Å². The number of nitriles is 1. The zero-order valence-corrected chi connectivity index (χ0v) is 16.4. The van der Waals surface area contributed by atoms with Crippen molar-refractivity contribution in [3.8, 4) is 17.2 Å². The fourth-order valence-corrected chi connectivity index (χ4v) is 4.69. The van der Waals surface area contributed by atoms with Gasteiger partial charge in [-0.3, -0.25) is 4.79 Å². The van der Waals surface area contributed by atoms with Gasteiger partial charge in [0.25, 0.3) is 0 Å². The van der Waals surface area contributed by atoms with Gasteiger partial charge in [0.05, 0.1) is 11.8 Å². The highest BCUT2D eigenvalue weighted by Crippen LogP contribution is 2.39. The number of carbonyl (C=O) groups excluding carboxylic acids is 1. The predicted molar refractivity (Wildman–Crippen MR) is 111 cm³/mol. The average molecular weight is 384 g/mol. The Hall–Kier alpha value is -2.36. The molecule has 2 heterocycles. The quantitative estimate of drug-likeness (QED) is 0.558. The highest BCUT2D eigenvalue weighted by Gasteiger charge is 2.21. The van der Waals surface area contributed by atoms with Gasteiger partial charge in [-0.2, -0.15) is 5.26 Å². The van der Waals surface area contributed by atoms with Gasteiger partial charge in [-0.1, -0.05) is 32.0 Å². The minimum atomic E-state index is -0.360. The SMILES string of the molecule is CC(C)C[C@H](Nc1cscc1-c1csc2ccccc12)C(=O)NCC#N. The zero-order valence-electron chi connectivity index (χ0n) is 14.8. The molecule has 0 aliphatic rings. The van der Waals surface area contributed by atoms with E-state index in [4.69, 9.17) is 5.26 Å². The van der Waals surface area contributed by atoms with Gasteiger partial charge in [0.15, 0.2) is 0 Å². The van der Waals surface area contributed by atoms with Crippen molar-refractivity contribution in [2.45, 2.75) is 26.3 Å². The molecule has 0 aliphatic heterocycles. The molecule has 1 aromatic carbocycles. The van der Waals surface area contributed by atoms with Crippen molar-refractivity contribution in [3.63, 3.8) is 0 Å². The molecule has 1 amide bonds. The van der Waals surface area contributed by atoms with Gasteiger partial charge in [0.1, 0.15) is 12.6 Å². The normalized spacial score (nSPS) is 12.1. The van der Waals surface area contributed by atoms with Crippen LogP contribution in [0, 0.1) is 17.2 Å². The zero-order chi connectivity index (χ0) is 18.5. The highest BCUT2D eigenvalue weighted by molar-refractivity contribution is 7.17. The maximum Gasteiger partial charge on any atom is 0.243 e. The Morgan fingerprint density at radius 1 is 1.19 bits per heavy atom. The van der Waals surface area contributed by atoms with Crippen molar-refractivity contribution in [2.24, 2.45) is 5.92 Å². The molecule has 1 atom stereocenters. The number of hydrogen-bond acceptors (Lipinski definition) is 5. The maximum atomic E-state index is 12.5. The average Bonchev–Trinajstić information content (AvgIpc) is 3.24. The van der Waals surface area contributed by atoms with Gasteiger partial charge >= 0.3 is 0 Å². The number of fused-ring (bicyclic) bond motifs is 1. The number of carbonyl (C=O) groups is 1. The first kappa shape index (κ1) is 18.4. The minimum absolute atomic E-state index is 0.0285. The number of anilines is 1. The number of rotatable bonds is 7. The number of benzene rings is 1. The molecule has 0 bridgehead atoms. The third-order valence-electron chi connectivity index (χ3n) is 4.13. The van der Waals surface area contributed by atoms with E-state index >= 15 is 0 Å². The lowest BCUT2D eigenvalue weighted by atomic mass is 10.0. The lowest BCUT2D eigenvalue weighted by Gasteiger charge is -2.21. The van der Waals surface area contributed by atoms with Gasteiger partial charge in [-0.25, -0.2) is 0 Å². The first-order valence-corrected chi connectivity index (χ1v) is 10.4. The smallest absolute Gasteiger partial charge is 0.243 e. The van der Waals surface area contributed by atoms with Crippen molar-refractivity contribution in [2.75, 3.05) is 11.9 Å². The summed E-state index contributed by atoms with van der Waals surface area (Å²) in [6.07, 6.45) is 0.705. The standard InChI is InChI=1S/C20H21N3OS2/c1-13(2)9-17(20(24)22-8-7-21)23-18-12-25-10-16(18)15-11-26-19-6-4-3-5-14(15)19/h3-6,10-13,17,23H,8-9H2,1-2H3,(H,22,24)/t17-/m0/s1. The topological polar surface area (TPSA) is 64.9 Å². The van der Waals surface area contributed by atoms with Crippen LogP contribution in [0.5, 0.6) is 0 Å². The van der Waals surface area contributed by atoms with E-state index in [0.717, 1.165) is 11.3 Å². The van der Waals surface area contributed by atoms with Crippen molar-refractivity contribution >= 4 is 44.4 Å². The number of amides is 1. The molecule has 0 unspecified atom stereocenters. The maximum absolute atomic E-state index is 12.5. The highest BCUT2D eigenvalue weighted by atomic mass is 32.1. The fraction of sp³-hybridized carbons (Fsp3) is 0.300. The van der Waals surface area contributed by atoms with E-state index in [-0.39, 0.29) is 18.5 Å². The van der Waals surface area contributed by atoms with Crippen LogP contribution in [-0.2, 0) is 4.79 Å². The Morgan fingerprint density at radius 2 is 2.00 bits per heavy atom. The molecule has 0 radical (unpaired) electrons. The largest absolute Gasteiger partial charge is 0.372 e. The molecule has 26 heavy (non-hydrogen) atoms. The summed E-state index contributed by atoms with van der Waals surface area (Å²) < 4.78 is 1.25. The van der Waals surface area contributed by atoms with E-state index in [1.165, 1.54) is 15.6 Å². The van der Waals surface area contributed by atoms with Crippen molar-refractivity contribution in [1.82, 2.24) is 5.32 Å². The van der Waals surface area contributed by atoms with E-state index in [9.17, 15) is 4.79 Å². The van der Waals surface area contributed by atoms with Crippen LogP contribution in [0.25, 0.3) is 21.2 Å². The van der Waals surface area contributed by atoms with E-state index in [0.29, 0.717) is 12.3 Å². The molecule has 3 rings (SSSR count). The van der Waals surface area contributed by atoms with Crippen LogP contribution in [0.1, 0.15) is 20.3 Å². The summed E-state index contributed by atoms with van der Waals surface area (Å²) in [7, 11) is 0. The molecule has 134 valence electrons. The van der Waals surface area contributed by atoms with E-state index in [1.807, 2.05) is 17.5 Å². The third-order valence-corrected chi connectivity index (χ3v) is 5.84. The van der Waals surface area contributed by atoms with Gasteiger partial charge in [-0.15, -0.1) is 22.7 Å². The Bertz CT molecular complexity index is 936. The molecule has 4 nitrogen and oxygen atoms in total. The molecule has 6 heteroatoms.